The Morgan fingerprint density at radius 2 is 2.03 bits per heavy atom. The largest absolute Gasteiger partial charge is 0.507 e. The zero-order chi connectivity index (χ0) is 22.7. The average molecular weight is 439 g/mol. The van der Waals surface area contributed by atoms with Gasteiger partial charge in [0.05, 0.1) is 16.7 Å². The fraction of sp³-hybridized carbons (Fsp3) is 0.458. The minimum atomic E-state index is -1.15. The van der Waals surface area contributed by atoms with Crippen LogP contribution in [0.1, 0.15) is 39.5 Å². The van der Waals surface area contributed by atoms with Crippen molar-refractivity contribution < 1.29 is 14.2 Å². The van der Waals surface area contributed by atoms with Gasteiger partial charge < -0.3 is 19.7 Å². The van der Waals surface area contributed by atoms with Crippen LogP contribution in [0.3, 0.4) is 0 Å². The number of benzene rings is 1. The molecule has 2 N–H and O–H groups in total. The van der Waals surface area contributed by atoms with E-state index >= 15 is 4.39 Å². The summed E-state index contributed by atoms with van der Waals surface area (Å²) in [5.41, 5.74) is 0.530. The Hall–Kier alpha value is -3.00. The molecule has 0 spiro atoms. The van der Waals surface area contributed by atoms with E-state index in [2.05, 4.69) is 22.4 Å². The monoisotopic (exact) mass is 438 g/mol. The van der Waals surface area contributed by atoms with Crippen LogP contribution in [0.4, 0.5) is 4.39 Å². The molecule has 0 unspecified atom stereocenters. The first-order valence-corrected chi connectivity index (χ1v) is 10.9. The molecule has 2 saturated heterocycles. The fourth-order valence-corrected chi connectivity index (χ4v) is 5.38. The van der Waals surface area contributed by atoms with Crippen molar-refractivity contribution in [3.05, 3.63) is 46.8 Å². The second-order valence-electron chi connectivity index (χ2n) is 9.65. The molecule has 3 aromatic rings. The molecule has 2 fully saturated rings. The standard InChI is InChI=1S/C24H27FN4O3/c1-23-8-4-9-24(2,28-23)22(25)20(13-23)32-21-6-5-16(26-27-21)14-11-15-17(12-19(14)31)29(3)10-7-18(15)30/h5-7,10-12,20,22,28,31H,4,8-9,13H2,1-3H3/t20-,22-,23-,24+/m0/s1. The molecular weight excluding hydrogens is 411 g/mol. The number of fused-ring (bicyclic) bond motifs is 3. The zero-order valence-electron chi connectivity index (χ0n) is 18.4. The van der Waals surface area contributed by atoms with Crippen molar-refractivity contribution in [1.82, 2.24) is 20.1 Å². The highest BCUT2D eigenvalue weighted by Gasteiger charge is 2.53. The maximum atomic E-state index is 15.3. The summed E-state index contributed by atoms with van der Waals surface area (Å²) >= 11 is 0. The van der Waals surface area contributed by atoms with Crippen LogP contribution in [0, 0.1) is 0 Å². The quantitative estimate of drug-likeness (QED) is 0.651. The van der Waals surface area contributed by atoms with Gasteiger partial charge in [-0.2, -0.15) is 0 Å². The third kappa shape index (κ3) is 3.43. The van der Waals surface area contributed by atoms with Crippen LogP contribution in [0.15, 0.2) is 41.3 Å². The molecular formula is C24H27FN4O3. The Morgan fingerprint density at radius 3 is 2.78 bits per heavy atom. The highest BCUT2D eigenvalue weighted by atomic mass is 19.1. The normalized spacial score (nSPS) is 29.8. The number of hydrogen-bond acceptors (Lipinski definition) is 6. The zero-order valence-corrected chi connectivity index (χ0v) is 18.4. The molecule has 5 rings (SSSR count). The highest BCUT2D eigenvalue weighted by Crippen LogP contribution is 2.42. The number of phenols is 1. The molecule has 4 atom stereocenters. The van der Waals surface area contributed by atoms with Crippen molar-refractivity contribution in [3.63, 3.8) is 0 Å². The lowest BCUT2D eigenvalue weighted by molar-refractivity contribution is -0.0626. The average Bonchev–Trinajstić information content (AvgIpc) is 2.75. The molecule has 0 saturated carbocycles. The highest BCUT2D eigenvalue weighted by molar-refractivity contribution is 5.87. The second kappa shape index (κ2) is 7.27. The van der Waals surface area contributed by atoms with Crippen molar-refractivity contribution in [1.29, 1.82) is 0 Å². The third-order valence-corrected chi connectivity index (χ3v) is 7.00. The van der Waals surface area contributed by atoms with E-state index in [1.165, 1.54) is 6.07 Å². The van der Waals surface area contributed by atoms with Gasteiger partial charge in [0.15, 0.2) is 11.6 Å². The minimum absolute atomic E-state index is 0.00230. The van der Waals surface area contributed by atoms with Gasteiger partial charge in [-0.25, -0.2) is 4.39 Å². The number of aryl methyl sites for hydroxylation is 1. The number of piperidine rings is 2. The molecule has 0 amide bonds. The molecule has 1 aromatic carbocycles. The lowest BCUT2D eigenvalue weighted by Gasteiger charge is -2.54. The maximum Gasteiger partial charge on any atom is 0.233 e. The number of aromatic nitrogens is 3. The summed E-state index contributed by atoms with van der Waals surface area (Å²) in [6.45, 7) is 4.04. The van der Waals surface area contributed by atoms with Crippen molar-refractivity contribution in [3.8, 4) is 22.9 Å². The number of aromatic hydroxyl groups is 1. The van der Waals surface area contributed by atoms with E-state index in [9.17, 15) is 9.90 Å². The van der Waals surface area contributed by atoms with Gasteiger partial charge in [0.2, 0.25) is 5.88 Å². The predicted molar refractivity (Wildman–Crippen MR) is 120 cm³/mol. The molecule has 168 valence electrons. The van der Waals surface area contributed by atoms with Crippen molar-refractivity contribution in [2.45, 2.75) is 62.9 Å². The molecule has 2 aliphatic heterocycles. The number of phenolic OH excluding ortho intramolecular Hbond substituents is 1. The fourth-order valence-electron chi connectivity index (χ4n) is 5.38. The van der Waals surface area contributed by atoms with Crippen LogP contribution < -0.4 is 15.5 Å². The number of hydrogen-bond donors (Lipinski definition) is 2. The summed E-state index contributed by atoms with van der Waals surface area (Å²) in [6.07, 6.45) is 3.21. The molecule has 0 aliphatic carbocycles. The van der Waals surface area contributed by atoms with E-state index in [0.29, 0.717) is 28.6 Å². The van der Waals surface area contributed by atoms with E-state index in [4.69, 9.17) is 4.74 Å². The van der Waals surface area contributed by atoms with Crippen molar-refractivity contribution in [2.75, 3.05) is 0 Å². The minimum Gasteiger partial charge on any atom is -0.507 e. The lowest BCUT2D eigenvalue weighted by atomic mass is 9.69. The summed E-state index contributed by atoms with van der Waals surface area (Å²) in [6, 6.07) is 7.93. The number of ether oxygens (including phenoxy) is 1. The molecule has 0 radical (unpaired) electrons. The van der Waals surface area contributed by atoms with Gasteiger partial charge in [0.25, 0.3) is 0 Å². The molecule has 2 aliphatic rings. The Bertz CT molecular complexity index is 1240. The summed E-state index contributed by atoms with van der Waals surface area (Å²) < 4.78 is 23.0. The summed E-state index contributed by atoms with van der Waals surface area (Å²) in [4.78, 5) is 12.3. The first-order chi connectivity index (χ1) is 15.2. The third-order valence-electron chi connectivity index (χ3n) is 7.00. The predicted octanol–water partition coefficient (Wildman–Crippen LogP) is 3.48. The molecule has 4 heterocycles. The van der Waals surface area contributed by atoms with Gasteiger partial charge in [0, 0.05) is 54.4 Å². The Balaban J connectivity index is 1.42. The van der Waals surface area contributed by atoms with E-state index in [-0.39, 0.29) is 22.6 Å². The molecule has 8 heteroatoms. The maximum absolute atomic E-state index is 15.3. The molecule has 32 heavy (non-hydrogen) atoms. The van der Waals surface area contributed by atoms with Crippen LogP contribution in [-0.2, 0) is 7.05 Å². The number of pyridine rings is 1. The Morgan fingerprint density at radius 1 is 1.22 bits per heavy atom. The van der Waals surface area contributed by atoms with Crippen LogP contribution >= 0.6 is 0 Å². The summed E-state index contributed by atoms with van der Waals surface area (Å²) in [5, 5.41) is 22.8. The van der Waals surface area contributed by atoms with Crippen LogP contribution in [0.25, 0.3) is 22.2 Å². The van der Waals surface area contributed by atoms with Gasteiger partial charge >= 0.3 is 0 Å². The SMILES string of the molecule is Cn1ccc(=O)c2cc(-c3ccc(O[C@H]4C[C@]5(C)CCC[C@@](C)(N5)[C@H]4F)nn3)c(O)cc21. The van der Waals surface area contributed by atoms with Crippen molar-refractivity contribution in [2.24, 2.45) is 7.05 Å². The number of nitrogens with zero attached hydrogens (tertiary/aromatic N) is 3. The first-order valence-electron chi connectivity index (χ1n) is 10.9. The van der Waals surface area contributed by atoms with Crippen LogP contribution in [0.5, 0.6) is 11.6 Å². The Kier molecular flexibility index (Phi) is 4.74. The van der Waals surface area contributed by atoms with E-state index in [1.807, 2.05) is 6.92 Å². The summed E-state index contributed by atoms with van der Waals surface area (Å²) in [7, 11) is 1.81. The number of alkyl halides is 1. The van der Waals surface area contributed by atoms with E-state index < -0.39 is 17.8 Å². The van der Waals surface area contributed by atoms with Gasteiger partial charge in [-0.05, 0) is 45.2 Å². The van der Waals surface area contributed by atoms with Gasteiger partial charge in [0.1, 0.15) is 11.9 Å². The van der Waals surface area contributed by atoms with E-state index in [1.54, 1.807) is 42.1 Å². The smallest absolute Gasteiger partial charge is 0.233 e. The van der Waals surface area contributed by atoms with E-state index in [0.717, 1.165) is 19.3 Å². The summed E-state index contributed by atoms with van der Waals surface area (Å²) in [5.74, 6) is 0.238. The van der Waals surface area contributed by atoms with Crippen molar-refractivity contribution >= 4 is 10.9 Å². The molecule has 2 bridgehead atoms. The van der Waals surface area contributed by atoms with Gasteiger partial charge in [-0.15, -0.1) is 10.2 Å². The molecule has 7 nitrogen and oxygen atoms in total. The number of rotatable bonds is 3. The Labute approximate surface area is 185 Å². The second-order valence-corrected chi connectivity index (χ2v) is 9.65. The van der Waals surface area contributed by atoms with Gasteiger partial charge in [-0.3, -0.25) is 4.79 Å². The first kappa shape index (κ1) is 20.9. The number of halogens is 1. The van der Waals surface area contributed by atoms with Crippen LogP contribution in [0.2, 0.25) is 0 Å². The van der Waals surface area contributed by atoms with Crippen LogP contribution in [-0.4, -0.2) is 43.2 Å². The number of nitrogens with one attached hydrogen (secondary N) is 1. The topological polar surface area (TPSA) is 89.3 Å². The van der Waals surface area contributed by atoms with Gasteiger partial charge in [-0.1, -0.05) is 0 Å². The lowest BCUT2D eigenvalue weighted by Crippen LogP contribution is -2.71. The molecule has 2 aromatic heterocycles.